The molecule has 0 bridgehead atoms. The molecule has 0 amide bonds. The van der Waals surface area contributed by atoms with Gasteiger partial charge in [0.05, 0.1) is 0 Å². The van der Waals surface area contributed by atoms with Crippen LogP contribution in [0.4, 0.5) is 8.78 Å². The number of rotatable bonds is 4. The first kappa shape index (κ1) is 14.2. The van der Waals surface area contributed by atoms with Crippen molar-refractivity contribution in [3.8, 4) is 0 Å². The molecule has 2 aliphatic carbocycles. The minimum Gasteiger partial charge on any atom is -0.313 e. The molecule has 0 spiro atoms. The summed E-state index contributed by atoms with van der Waals surface area (Å²) in [4.78, 5) is 2.38. The Bertz CT molecular complexity index is 411. The third kappa shape index (κ3) is 3.47. The van der Waals surface area contributed by atoms with E-state index in [0.29, 0.717) is 18.4 Å². The summed E-state index contributed by atoms with van der Waals surface area (Å²) in [6.07, 6.45) is 6.58. The fourth-order valence-electron chi connectivity index (χ4n) is 3.53. The predicted octanol–water partition coefficient (Wildman–Crippen LogP) is 3.03. The van der Waals surface area contributed by atoms with Crippen LogP contribution in [0.1, 0.15) is 25.7 Å². The SMILES string of the molecule is CN1CCC(CN[C@H]2C[C@@H]2C2C=C(F)C=C(F)C2)CC1. The molecular formula is C16H24F2N2. The summed E-state index contributed by atoms with van der Waals surface area (Å²) in [5.41, 5.74) is 0. The van der Waals surface area contributed by atoms with Crippen molar-refractivity contribution in [3.63, 3.8) is 0 Å². The Morgan fingerprint density at radius 3 is 2.75 bits per heavy atom. The highest BCUT2D eigenvalue weighted by Crippen LogP contribution is 2.43. The van der Waals surface area contributed by atoms with Gasteiger partial charge in [0.25, 0.3) is 0 Å². The van der Waals surface area contributed by atoms with Crippen LogP contribution < -0.4 is 5.32 Å². The number of hydrogen-bond donors (Lipinski definition) is 1. The fraction of sp³-hybridized carbons (Fsp3) is 0.750. The highest BCUT2D eigenvalue weighted by Gasteiger charge is 2.43. The van der Waals surface area contributed by atoms with Crippen LogP contribution in [0.15, 0.2) is 23.8 Å². The van der Waals surface area contributed by atoms with Crippen molar-refractivity contribution < 1.29 is 8.78 Å². The summed E-state index contributed by atoms with van der Waals surface area (Å²) < 4.78 is 26.5. The summed E-state index contributed by atoms with van der Waals surface area (Å²) in [7, 11) is 2.17. The quantitative estimate of drug-likeness (QED) is 0.852. The third-order valence-corrected chi connectivity index (χ3v) is 5.00. The Labute approximate surface area is 119 Å². The molecule has 1 saturated heterocycles. The average molecular weight is 282 g/mol. The van der Waals surface area contributed by atoms with Gasteiger partial charge in [0.15, 0.2) is 0 Å². The van der Waals surface area contributed by atoms with E-state index in [2.05, 4.69) is 17.3 Å². The number of piperidine rings is 1. The first-order valence-corrected chi connectivity index (χ1v) is 7.77. The zero-order chi connectivity index (χ0) is 14.1. The molecule has 2 nitrogen and oxygen atoms in total. The second-order valence-electron chi connectivity index (χ2n) is 6.67. The number of allylic oxidation sites excluding steroid dienone is 4. The largest absolute Gasteiger partial charge is 0.313 e. The van der Waals surface area contributed by atoms with Gasteiger partial charge in [-0.05, 0) is 69.8 Å². The Balaban J connectivity index is 1.41. The van der Waals surface area contributed by atoms with Crippen LogP contribution in [0.25, 0.3) is 0 Å². The second kappa shape index (κ2) is 5.94. The lowest BCUT2D eigenvalue weighted by atomic mass is 9.94. The molecule has 2 fully saturated rings. The van der Waals surface area contributed by atoms with Gasteiger partial charge in [0.1, 0.15) is 11.7 Å². The Morgan fingerprint density at radius 1 is 1.30 bits per heavy atom. The molecule has 1 N–H and O–H groups in total. The normalized spacial score (nSPS) is 35.6. The van der Waals surface area contributed by atoms with E-state index in [1.807, 2.05) is 0 Å². The van der Waals surface area contributed by atoms with Crippen LogP contribution in [0.5, 0.6) is 0 Å². The lowest BCUT2D eigenvalue weighted by molar-refractivity contribution is 0.215. The fourth-order valence-corrected chi connectivity index (χ4v) is 3.53. The molecular weight excluding hydrogens is 258 g/mol. The van der Waals surface area contributed by atoms with Gasteiger partial charge in [-0.3, -0.25) is 0 Å². The predicted molar refractivity (Wildman–Crippen MR) is 76.6 cm³/mol. The van der Waals surface area contributed by atoms with Gasteiger partial charge in [0, 0.05) is 18.5 Å². The maximum Gasteiger partial charge on any atom is 0.122 e. The second-order valence-corrected chi connectivity index (χ2v) is 6.67. The molecule has 4 heteroatoms. The minimum absolute atomic E-state index is 0.0509. The van der Waals surface area contributed by atoms with Crippen LogP contribution in [0.2, 0.25) is 0 Å². The van der Waals surface area contributed by atoms with Gasteiger partial charge >= 0.3 is 0 Å². The van der Waals surface area contributed by atoms with Crippen molar-refractivity contribution in [2.45, 2.75) is 31.7 Å². The molecule has 3 aliphatic rings. The first-order chi connectivity index (χ1) is 9.61. The molecule has 112 valence electrons. The van der Waals surface area contributed by atoms with Gasteiger partial charge in [0.2, 0.25) is 0 Å². The molecule has 1 unspecified atom stereocenters. The van der Waals surface area contributed by atoms with E-state index in [0.717, 1.165) is 25.0 Å². The summed E-state index contributed by atoms with van der Waals surface area (Å²) in [5.74, 6) is 0.528. The maximum absolute atomic E-state index is 13.3. The van der Waals surface area contributed by atoms with E-state index < -0.39 is 5.83 Å². The Morgan fingerprint density at radius 2 is 2.05 bits per heavy atom. The van der Waals surface area contributed by atoms with E-state index in [-0.39, 0.29) is 11.7 Å². The zero-order valence-electron chi connectivity index (χ0n) is 12.1. The van der Waals surface area contributed by atoms with E-state index in [1.165, 1.54) is 25.9 Å². The molecule has 1 heterocycles. The van der Waals surface area contributed by atoms with Crippen molar-refractivity contribution in [2.75, 3.05) is 26.7 Å². The zero-order valence-corrected chi connectivity index (χ0v) is 12.1. The van der Waals surface area contributed by atoms with Crippen LogP contribution in [-0.2, 0) is 0 Å². The van der Waals surface area contributed by atoms with Gasteiger partial charge in [-0.2, -0.15) is 0 Å². The number of nitrogens with zero attached hydrogens (tertiary/aromatic N) is 1. The number of nitrogens with one attached hydrogen (secondary N) is 1. The lowest BCUT2D eigenvalue weighted by Crippen LogP contribution is -2.36. The topological polar surface area (TPSA) is 15.3 Å². The monoisotopic (exact) mass is 282 g/mol. The average Bonchev–Trinajstić information content (AvgIpc) is 3.16. The first-order valence-electron chi connectivity index (χ1n) is 7.77. The number of halogens is 2. The molecule has 3 rings (SSSR count). The van der Waals surface area contributed by atoms with Crippen LogP contribution in [0, 0.1) is 17.8 Å². The Kier molecular flexibility index (Phi) is 4.22. The molecule has 0 aromatic carbocycles. The lowest BCUT2D eigenvalue weighted by Gasteiger charge is -2.29. The molecule has 0 aromatic heterocycles. The third-order valence-electron chi connectivity index (χ3n) is 5.00. The van der Waals surface area contributed by atoms with Crippen molar-refractivity contribution in [2.24, 2.45) is 17.8 Å². The van der Waals surface area contributed by atoms with E-state index in [1.54, 1.807) is 6.08 Å². The minimum atomic E-state index is -0.403. The molecule has 1 aliphatic heterocycles. The highest BCUT2D eigenvalue weighted by molar-refractivity contribution is 5.23. The number of hydrogen-bond acceptors (Lipinski definition) is 2. The van der Waals surface area contributed by atoms with Crippen molar-refractivity contribution in [1.82, 2.24) is 10.2 Å². The molecule has 1 saturated carbocycles. The molecule has 20 heavy (non-hydrogen) atoms. The van der Waals surface area contributed by atoms with Crippen molar-refractivity contribution in [3.05, 3.63) is 23.8 Å². The number of likely N-dealkylation sites (tertiary alicyclic amines) is 1. The van der Waals surface area contributed by atoms with E-state index >= 15 is 0 Å². The van der Waals surface area contributed by atoms with Gasteiger partial charge in [-0.15, -0.1) is 0 Å². The summed E-state index contributed by atoms with van der Waals surface area (Å²) >= 11 is 0. The van der Waals surface area contributed by atoms with Crippen molar-refractivity contribution >= 4 is 0 Å². The summed E-state index contributed by atoms with van der Waals surface area (Å²) in [6.45, 7) is 3.44. The molecule has 3 atom stereocenters. The van der Waals surface area contributed by atoms with Gasteiger partial charge in [-0.25, -0.2) is 8.78 Å². The summed E-state index contributed by atoms with van der Waals surface area (Å²) in [5, 5.41) is 3.61. The smallest absolute Gasteiger partial charge is 0.122 e. The van der Waals surface area contributed by atoms with Gasteiger partial charge in [-0.1, -0.05) is 0 Å². The highest BCUT2D eigenvalue weighted by atomic mass is 19.1. The Hall–Kier alpha value is -0.740. The maximum atomic E-state index is 13.3. The van der Waals surface area contributed by atoms with Gasteiger partial charge < -0.3 is 10.2 Å². The van der Waals surface area contributed by atoms with E-state index in [9.17, 15) is 8.78 Å². The summed E-state index contributed by atoms with van der Waals surface area (Å²) in [6, 6.07) is 0.467. The molecule has 0 radical (unpaired) electrons. The van der Waals surface area contributed by atoms with Crippen LogP contribution in [-0.4, -0.2) is 37.6 Å². The van der Waals surface area contributed by atoms with Crippen molar-refractivity contribution in [1.29, 1.82) is 0 Å². The standard InChI is InChI=1S/C16H24F2N2/c1-20-4-2-11(3-5-20)10-19-16-9-15(16)12-6-13(17)8-14(18)7-12/h6,8,11-12,15-16,19H,2-5,7,9-10H2,1H3/t12?,15-,16+/m1/s1. The molecule has 0 aromatic rings. The van der Waals surface area contributed by atoms with Crippen LogP contribution >= 0.6 is 0 Å². The van der Waals surface area contributed by atoms with E-state index in [4.69, 9.17) is 0 Å². The van der Waals surface area contributed by atoms with Crippen LogP contribution in [0.3, 0.4) is 0 Å².